The largest absolute Gasteiger partial charge is 0.325 e. The zero-order valence-corrected chi connectivity index (χ0v) is 16.2. The molecule has 0 bridgehead atoms. The van der Waals surface area contributed by atoms with Gasteiger partial charge >= 0.3 is 0 Å². The van der Waals surface area contributed by atoms with Gasteiger partial charge in [0.25, 0.3) is 0 Å². The van der Waals surface area contributed by atoms with E-state index in [9.17, 15) is 4.79 Å². The minimum Gasteiger partial charge on any atom is -0.325 e. The molecule has 1 N–H and O–H groups in total. The van der Waals surface area contributed by atoms with Crippen molar-refractivity contribution in [3.05, 3.63) is 65.0 Å². The topological polar surface area (TPSA) is 59.8 Å². The van der Waals surface area contributed by atoms with Crippen molar-refractivity contribution < 1.29 is 4.79 Å². The lowest BCUT2D eigenvalue weighted by atomic mass is 10.1. The Hall–Kier alpha value is -2.60. The highest BCUT2D eigenvalue weighted by Crippen LogP contribution is 2.25. The molecule has 1 amide bonds. The van der Waals surface area contributed by atoms with E-state index in [1.165, 1.54) is 11.8 Å². The van der Waals surface area contributed by atoms with Crippen molar-refractivity contribution in [1.29, 1.82) is 0 Å². The number of para-hydroxylation sites is 2. The summed E-state index contributed by atoms with van der Waals surface area (Å²) in [4.78, 5) is 12.4. The van der Waals surface area contributed by atoms with Gasteiger partial charge in [0.05, 0.1) is 11.4 Å². The molecule has 0 unspecified atom stereocenters. The normalized spacial score (nSPS) is 10.8. The van der Waals surface area contributed by atoms with E-state index in [-0.39, 0.29) is 11.7 Å². The van der Waals surface area contributed by atoms with Crippen molar-refractivity contribution in [2.45, 2.75) is 32.9 Å². The van der Waals surface area contributed by atoms with Crippen molar-refractivity contribution in [2.75, 3.05) is 11.1 Å². The van der Waals surface area contributed by atoms with Crippen LogP contribution in [0.2, 0.25) is 0 Å². The number of benzene rings is 2. The first kappa shape index (κ1) is 18.2. The second-order valence-electron chi connectivity index (χ2n) is 6.26. The molecular weight excluding hydrogens is 344 g/mol. The first-order valence-electron chi connectivity index (χ1n) is 8.44. The summed E-state index contributed by atoms with van der Waals surface area (Å²) in [6.07, 6.45) is 0. The van der Waals surface area contributed by atoms with Crippen LogP contribution < -0.4 is 5.32 Å². The van der Waals surface area contributed by atoms with Gasteiger partial charge in [-0.2, -0.15) is 0 Å². The number of nitrogens with one attached hydrogen (secondary N) is 1. The smallest absolute Gasteiger partial charge is 0.234 e. The summed E-state index contributed by atoms with van der Waals surface area (Å²) in [7, 11) is 0. The molecule has 0 fully saturated rings. The number of hydrogen-bond acceptors (Lipinski definition) is 4. The number of aromatic nitrogens is 3. The van der Waals surface area contributed by atoms with Crippen molar-refractivity contribution in [2.24, 2.45) is 0 Å². The Labute approximate surface area is 157 Å². The van der Waals surface area contributed by atoms with Crippen LogP contribution >= 0.6 is 11.8 Å². The van der Waals surface area contributed by atoms with Crippen LogP contribution in [0.3, 0.4) is 0 Å². The van der Waals surface area contributed by atoms with E-state index in [0.29, 0.717) is 5.16 Å². The van der Waals surface area contributed by atoms with Crippen molar-refractivity contribution >= 4 is 23.4 Å². The Kier molecular flexibility index (Phi) is 5.42. The molecule has 5 nitrogen and oxygen atoms in total. The van der Waals surface area contributed by atoms with Gasteiger partial charge in [-0.3, -0.25) is 9.36 Å². The minimum absolute atomic E-state index is 0.0515. The first-order valence-corrected chi connectivity index (χ1v) is 9.43. The molecule has 2 aromatic carbocycles. The molecule has 0 aliphatic carbocycles. The third-order valence-corrected chi connectivity index (χ3v) is 5.16. The number of amides is 1. The highest BCUT2D eigenvalue weighted by Gasteiger charge is 2.15. The lowest BCUT2D eigenvalue weighted by Gasteiger charge is -2.12. The number of thioether (sulfide) groups is 1. The number of carbonyl (C=O) groups is 1. The van der Waals surface area contributed by atoms with Gasteiger partial charge in [-0.1, -0.05) is 48.2 Å². The number of rotatable bonds is 5. The van der Waals surface area contributed by atoms with E-state index in [4.69, 9.17) is 0 Å². The van der Waals surface area contributed by atoms with E-state index in [1.807, 2.05) is 61.7 Å². The van der Waals surface area contributed by atoms with Crippen LogP contribution in [-0.4, -0.2) is 26.4 Å². The summed E-state index contributed by atoms with van der Waals surface area (Å²) in [5, 5.41) is 12.2. The Balaban J connectivity index is 1.75. The Morgan fingerprint density at radius 2 is 1.62 bits per heavy atom. The number of aryl methyl sites for hydroxylation is 4. The second-order valence-corrected chi connectivity index (χ2v) is 7.20. The molecule has 134 valence electrons. The summed E-state index contributed by atoms with van der Waals surface area (Å²) in [6, 6.07) is 14.1. The van der Waals surface area contributed by atoms with Gasteiger partial charge in [0, 0.05) is 5.69 Å². The summed E-state index contributed by atoms with van der Waals surface area (Å²) >= 11 is 1.39. The fourth-order valence-electron chi connectivity index (χ4n) is 2.85. The van der Waals surface area contributed by atoms with Crippen LogP contribution in [0, 0.1) is 27.7 Å². The molecule has 3 rings (SSSR count). The maximum absolute atomic E-state index is 12.4. The molecule has 1 aromatic heterocycles. The summed E-state index contributed by atoms with van der Waals surface area (Å²) < 4.78 is 1.99. The molecule has 0 spiro atoms. The monoisotopic (exact) mass is 366 g/mol. The SMILES string of the molecule is Cc1ccccc1-n1c(C)nnc1SCC(=O)Nc1c(C)cccc1C. The highest BCUT2D eigenvalue weighted by molar-refractivity contribution is 7.99. The van der Waals surface area contributed by atoms with Gasteiger partial charge in [0.15, 0.2) is 5.16 Å². The molecule has 0 saturated heterocycles. The van der Waals surface area contributed by atoms with Crippen LogP contribution in [-0.2, 0) is 4.79 Å². The molecule has 1 heterocycles. The van der Waals surface area contributed by atoms with Gasteiger partial charge in [0.1, 0.15) is 5.82 Å². The van der Waals surface area contributed by atoms with Gasteiger partial charge in [-0.25, -0.2) is 0 Å². The maximum atomic E-state index is 12.4. The zero-order valence-electron chi connectivity index (χ0n) is 15.4. The number of anilines is 1. The quantitative estimate of drug-likeness (QED) is 0.687. The third kappa shape index (κ3) is 3.80. The molecular formula is C20H22N4OS. The maximum Gasteiger partial charge on any atom is 0.234 e. The van der Waals surface area contributed by atoms with Crippen LogP contribution in [0.5, 0.6) is 0 Å². The number of hydrogen-bond donors (Lipinski definition) is 1. The average Bonchev–Trinajstić information content (AvgIpc) is 2.97. The summed E-state index contributed by atoms with van der Waals surface area (Å²) in [5.41, 5.74) is 5.17. The molecule has 0 saturated carbocycles. The van der Waals surface area contributed by atoms with E-state index in [0.717, 1.165) is 33.9 Å². The Morgan fingerprint density at radius 1 is 0.962 bits per heavy atom. The summed E-state index contributed by atoms with van der Waals surface area (Å²) in [6.45, 7) is 7.96. The molecule has 6 heteroatoms. The van der Waals surface area contributed by atoms with Crippen LogP contribution in [0.15, 0.2) is 47.6 Å². The molecule has 26 heavy (non-hydrogen) atoms. The highest BCUT2D eigenvalue weighted by atomic mass is 32.2. The standard InChI is InChI=1S/C20H22N4OS/c1-13-8-5-6-11-17(13)24-16(4)22-23-20(24)26-12-18(25)21-19-14(2)9-7-10-15(19)3/h5-11H,12H2,1-4H3,(H,21,25). The minimum atomic E-state index is -0.0515. The van der Waals surface area contributed by atoms with Crippen LogP contribution in [0.25, 0.3) is 5.69 Å². The Morgan fingerprint density at radius 3 is 2.31 bits per heavy atom. The fraction of sp³-hybridized carbons (Fsp3) is 0.250. The molecule has 0 atom stereocenters. The third-order valence-electron chi connectivity index (χ3n) is 4.23. The van der Waals surface area contributed by atoms with Crippen LogP contribution in [0.4, 0.5) is 5.69 Å². The van der Waals surface area contributed by atoms with E-state index >= 15 is 0 Å². The van der Waals surface area contributed by atoms with Crippen molar-refractivity contribution in [3.8, 4) is 5.69 Å². The van der Waals surface area contributed by atoms with E-state index in [1.54, 1.807) is 0 Å². The second kappa shape index (κ2) is 7.74. The van der Waals surface area contributed by atoms with Gasteiger partial charge in [-0.15, -0.1) is 10.2 Å². The molecule has 0 aliphatic heterocycles. The van der Waals surface area contributed by atoms with E-state index < -0.39 is 0 Å². The first-order chi connectivity index (χ1) is 12.5. The lowest BCUT2D eigenvalue weighted by Crippen LogP contribution is -2.16. The predicted molar refractivity (Wildman–Crippen MR) is 106 cm³/mol. The summed E-state index contributed by atoms with van der Waals surface area (Å²) in [5.74, 6) is 1.03. The molecule has 3 aromatic rings. The Bertz CT molecular complexity index is 928. The number of nitrogens with zero attached hydrogens (tertiary/aromatic N) is 3. The average molecular weight is 366 g/mol. The van der Waals surface area contributed by atoms with Crippen molar-refractivity contribution in [3.63, 3.8) is 0 Å². The molecule has 0 radical (unpaired) electrons. The molecule has 0 aliphatic rings. The van der Waals surface area contributed by atoms with Gasteiger partial charge < -0.3 is 5.32 Å². The van der Waals surface area contributed by atoms with Gasteiger partial charge in [0.2, 0.25) is 5.91 Å². The number of carbonyl (C=O) groups excluding carboxylic acids is 1. The zero-order chi connectivity index (χ0) is 18.7. The van der Waals surface area contributed by atoms with E-state index in [2.05, 4.69) is 28.5 Å². The van der Waals surface area contributed by atoms with Crippen LogP contribution in [0.1, 0.15) is 22.5 Å². The lowest BCUT2D eigenvalue weighted by molar-refractivity contribution is -0.113. The fourth-order valence-corrected chi connectivity index (χ4v) is 3.64. The van der Waals surface area contributed by atoms with Gasteiger partial charge in [-0.05, 0) is 50.5 Å². The predicted octanol–water partition coefficient (Wildman–Crippen LogP) is 4.23. The van der Waals surface area contributed by atoms with Crippen molar-refractivity contribution in [1.82, 2.24) is 14.8 Å².